The molecule has 0 spiro atoms. The van der Waals surface area contributed by atoms with Gasteiger partial charge in [-0.1, -0.05) is 0 Å². The van der Waals surface area contributed by atoms with Crippen LogP contribution in [-0.2, 0) is 11.2 Å². The largest absolute Gasteiger partial charge is 0.378 e. The third kappa shape index (κ3) is 3.56. The van der Waals surface area contributed by atoms with Crippen molar-refractivity contribution in [3.63, 3.8) is 0 Å². The molecule has 0 saturated carbocycles. The lowest BCUT2D eigenvalue weighted by molar-refractivity contribution is 0.122. The number of nitrogens with zero attached hydrogens (tertiary/aromatic N) is 7. The van der Waals surface area contributed by atoms with Crippen molar-refractivity contribution in [2.75, 3.05) is 42.6 Å². The molecule has 0 aliphatic carbocycles. The summed E-state index contributed by atoms with van der Waals surface area (Å²) in [6.07, 6.45) is 5.90. The predicted molar refractivity (Wildman–Crippen MR) is 110 cm³/mol. The summed E-state index contributed by atoms with van der Waals surface area (Å²) in [4.78, 5) is 26.6. The molecule has 1 unspecified atom stereocenters. The van der Waals surface area contributed by atoms with Gasteiger partial charge in [0.15, 0.2) is 11.6 Å². The first-order chi connectivity index (χ1) is 14.7. The van der Waals surface area contributed by atoms with E-state index in [1.807, 2.05) is 6.20 Å². The molecule has 0 bridgehead atoms. The fourth-order valence-corrected chi connectivity index (χ4v) is 3.97. The second kappa shape index (κ2) is 7.91. The monoisotopic (exact) mass is 407 g/mol. The van der Waals surface area contributed by atoms with Gasteiger partial charge in [-0.3, -0.25) is 0 Å². The summed E-state index contributed by atoms with van der Waals surface area (Å²) in [7, 11) is 0. The normalized spacial score (nSPS) is 18.9. The lowest BCUT2D eigenvalue weighted by Crippen LogP contribution is -2.38. The van der Waals surface area contributed by atoms with Crippen molar-refractivity contribution in [2.24, 2.45) is 0 Å². The Balaban J connectivity index is 1.43. The highest BCUT2D eigenvalue weighted by molar-refractivity contribution is 5.53. The van der Waals surface area contributed by atoms with Crippen molar-refractivity contribution in [1.82, 2.24) is 24.9 Å². The summed E-state index contributed by atoms with van der Waals surface area (Å²) < 4.78 is 19.8. The fraction of sp³-hybridized carbons (Fsp3) is 0.381. The Labute approximate surface area is 173 Å². The molecule has 1 atom stereocenters. The van der Waals surface area contributed by atoms with Crippen molar-refractivity contribution < 1.29 is 9.13 Å². The van der Waals surface area contributed by atoms with Crippen LogP contribution >= 0.6 is 0 Å². The average Bonchev–Trinajstić information content (AvgIpc) is 2.80. The molecular formula is C21H22FN7O. The first-order valence-electron chi connectivity index (χ1n) is 10.1. The molecule has 0 N–H and O–H groups in total. The molecule has 1 fully saturated rings. The van der Waals surface area contributed by atoms with Gasteiger partial charge in [0.25, 0.3) is 0 Å². The standard InChI is InChI=1S/C21H22FN7O/c1-14-16-13-25-21(20-23-4-2-5-24-20)26-17(16)3-6-29(14)19-12-15(22)11-18(27-19)28-7-9-30-10-8-28/h2,4-5,11-14H,3,6-10H2,1H3. The maximum atomic E-state index is 14.4. The van der Waals surface area contributed by atoms with Gasteiger partial charge in [-0.2, -0.15) is 0 Å². The summed E-state index contributed by atoms with van der Waals surface area (Å²) in [6.45, 7) is 5.46. The lowest BCUT2D eigenvalue weighted by Gasteiger charge is -2.36. The molecule has 0 aromatic carbocycles. The molecular weight excluding hydrogens is 385 g/mol. The van der Waals surface area contributed by atoms with Crippen molar-refractivity contribution in [2.45, 2.75) is 19.4 Å². The first kappa shape index (κ1) is 18.8. The number of halogens is 1. The van der Waals surface area contributed by atoms with Crippen LogP contribution in [0, 0.1) is 5.82 Å². The van der Waals surface area contributed by atoms with Crippen molar-refractivity contribution in [3.8, 4) is 11.6 Å². The molecule has 30 heavy (non-hydrogen) atoms. The first-order valence-corrected chi connectivity index (χ1v) is 10.1. The Morgan fingerprint density at radius 3 is 2.53 bits per heavy atom. The van der Waals surface area contributed by atoms with Gasteiger partial charge < -0.3 is 14.5 Å². The Kier molecular flexibility index (Phi) is 4.96. The minimum absolute atomic E-state index is 0.0219. The van der Waals surface area contributed by atoms with E-state index in [-0.39, 0.29) is 11.9 Å². The zero-order valence-electron chi connectivity index (χ0n) is 16.7. The minimum Gasteiger partial charge on any atom is -0.378 e. The van der Waals surface area contributed by atoms with E-state index in [2.05, 4.69) is 31.7 Å². The summed E-state index contributed by atoms with van der Waals surface area (Å²) in [5.74, 6) is 2.03. The van der Waals surface area contributed by atoms with Crippen LogP contribution in [0.15, 0.2) is 36.8 Å². The van der Waals surface area contributed by atoms with Crippen LogP contribution in [0.2, 0.25) is 0 Å². The smallest absolute Gasteiger partial charge is 0.197 e. The predicted octanol–water partition coefficient (Wildman–Crippen LogP) is 2.43. The maximum absolute atomic E-state index is 14.4. The van der Waals surface area contributed by atoms with E-state index >= 15 is 0 Å². The molecule has 1 saturated heterocycles. The van der Waals surface area contributed by atoms with E-state index in [1.165, 1.54) is 12.1 Å². The van der Waals surface area contributed by atoms with Gasteiger partial charge in [-0.25, -0.2) is 29.3 Å². The van der Waals surface area contributed by atoms with Crippen LogP contribution in [-0.4, -0.2) is 57.8 Å². The van der Waals surface area contributed by atoms with Gasteiger partial charge in [-0.05, 0) is 13.0 Å². The molecule has 0 amide bonds. The number of rotatable bonds is 3. The van der Waals surface area contributed by atoms with Gasteiger partial charge in [0, 0.05) is 62.3 Å². The Hall–Kier alpha value is -3.20. The van der Waals surface area contributed by atoms with E-state index in [0.717, 1.165) is 11.3 Å². The number of ether oxygens (including phenoxy) is 1. The third-order valence-corrected chi connectivity index (χ3v) is 5.57. The number of hydrogen-bond donors (Lipinski definition) is 0. The highest BCUT2D eigenvalue weighted by Crippen LogP contribution is 2.33. The Bertz CT molecular complexity index is 1040. The van der Waals surface area contributed by atoms with Crippen LogP contribution in [0.4, 0.5) is 16.0 Å². The van der Waals surface area contributed by atoms with Crippen LogP contribution in [0.5, 0.6) is 0 Å². The van der Waals surface area contributed by atoms with Crippen LogP contribution in [0.25, 0.3) is 11.6 Å². The Morgan fingerprint density at radius 1 is 0.967 bits per heavy atom. The molecule has 154 valence electrons. The summed E-state index contributed by atoms with van der Waals surface area (Å²) in [5.41, 5.74) is 1.99. The summed E-state index contributed by atoms with van der Waals surface area (Å²) >= 11 is 0. The minimum atomic E-state index is -0.285. The molecule has 5 rings (SSSR count). The quantitative estimate of drug-likeness (QED) is 0.655. The van der Waals surface area contributed by atoms with E-state index in [0.29, 0.717) is 62.6 Å². The zero-order valence-corrected chi connectivity index (χ0v) is 16.7. The third-order valence-electron chi connectivity index (χ3n) is 5.57. The van der Waals surface area contributed by atoms with Gasteiger partial charge >= 0.3 is 0 Å². The molecule has 3 aromatic heterocycles. The van der Waals surface area contributed by atoms with Crippen molar-refractivity contribution in [3.05, 3.63) is 53.9 Å². The summed E-state index contributed by atoms with van der Waals surface area (Å²) in [6, 6.07) is 4.73. The number of morpholine rings is 1. The van der Waals surface area contributed by atoms with E-state index in [9.17, 15) is 4.39 Å². The van der Waals surface area contributed by atoms with Crippen LogP contribution < -0.4 is 9.80 Å². The van der Waals surface area contributed by atoms with Gasteiger partial charge in [0.1, 0.15) is 17.5 Å². The van der Waals surface area contributed by atoms with Crippen molar-refractivity contribution in [1.29, 1.82) is 0 Å². The summed E-state index contributed by atoms with van der Waals surface area (Å²) in [5, 5.41) is 0. The number of aromatic nitrogens is 5. The molecule has 5 heterocycles. The zero-order chi connectivity index (χ0) is 20.5. The number of pyridine rings is 1. The van der Waals surface area contributed by atoms with Gasteiger partial charge in [0.05, 0.1) is 24.9 Å². The van der Waals surface area contributed by atoms with E-state index in [1.54, 1.807) is 18.5 Å². The molecule has 9 heteroatoms. The topological polar surface area (TPSA) is 80.2 Å². The highest BCUT2D eigenvalue weighted by Gasteiger charge is 2.28. The molecule has 0 radical (unpaired) electrons. The molecule has 3 aromatic rings. The lowest BCUT2D eigenvalue weighted by atomic mass is 9.99. The van der Waals surface area contributed by atoms with Crippen LogP contribution in [0.3, 0.4) is 0 Å². The fourth-order valence-electron chi connectivity index (χ4n) is 3.97. The molecule has 2 aliphatic heterocycles. The molecule has 8 nitrogen and oxygen atoms in total. The average molecular weight is 407 g/mol. The van der Waals surface area contributed by atoms with Gasteiger partial charge in [-0.15, -0.1) is 0 Å². The van der Waals surface area contributed by atoms with Gasteiger partial charge in [0.2, 0.25) is 0 Å². The van der Waals surface area contributed by atoms with Crippen LogP contribution in [0.1, 0.15) is 24.2 Å². The number of hydrogen-bond acceptors (Lipinski definition) is 8. The number of fused-ring (bicyclic) bond motifs is 1. The van der Waals surface area contributed by atoms with E-state index in [4.69, 9.17) is 14.7 Å². The SMILES string of the molecule is CC1c2cnc(-c3ncccn3)nc2CCN1c1cc(F)cc(N2CCOCC2)n1. The Morgan fingerprint density at radius 2 is 1.73 bits per heavy atom. The van der Waals surface area contributed by atoms with E-state index < -0.39 is 0 Å². The second-order valence-electron chi connectivity index (χ2n) is 7.39. The molecule has 2 aliphatic rings. The highest BCUT2D eigenvalue weighted by atomic mass is 19.1. The number of anilines is 2. The second-order valence-corrected chi connectivity index (χ2v) is 7.39. The van der Waals surface area contributed by atoms with Crippen molar-refractivity contribution >= 4 is 11.6 Å². The maximum Gasteiger partial charge on any atom is 0.197 e.